The zero-order valence-corrected chi connectivity index (χ0v) is 8.74. The van der Waals surface area contributed by atoms with Gasteiger partial charge in [-0.1, -0.05) is 0 Å². The number of ether oxygens (including phenoxy) is 2. The van der Waals surface area contributed by atoms with E-state index in [0.29, 0.717) is 0 Å². The molecule has 0 unspecified atom stereocenters. The van der Waals surface area contributed by atoms with Crippen LogP contribution in [-0.2, 0) is 14.3 Å². The van der Waals surface area contributed by atoms with Crippen LogP contribution >= 0.6 is 0 Å². The molecule has 0 aromatic rings. The van der Waals surface area contributed by atoms with Gasteiger partial charge < -0.3 is 30.1 Å². The molecule has 0 aromatic heterocycles. The minimum Gasteiger partial charge on any atom is -0.394 e. The fourth-order valence-electron chi connectivity index (χ4n) is 1.90. The topological polar surface area (TPSA) is 108 Å². The molecule has 0 spiro atoms. The third-order valence-electron chi connectivity index (χ3n) is 2.90. The molecule has 0 radical (unpaired) electrons. The summed E-state index contributed by atoms with van der Waals surface area (Å²) in [6.07, 6.45) is -4.89. The van der Waals surface area contributed by atoms with Gasteiger partial charge in [0.25, 0.3) is 0 Å². The molecule has 4 N–H and O–H groups in total. The van der Waals surface area contributed by atoms with E-state index in [4.69, 9.17) is 14.6 Å². The molecule has 92 valence electrons. The highest BCUT2D eigenvalue weighted by atomic mass is 16.7. The minimum absolute atomic E-state index is 0.362. The Labute approximate surface area is 92.0 Å². The Bertz CT molecular complexity index is 285. The van der Waals surface area contributed by atoms with Crippen LogP contribution in [0, 0.1) is 0 Å². The monoisotopic (exact) mass is 233 g/mol. The lowest BCUT2D eigenvalue weighted by molar-refractivity contribution is -0.288. The van der Waals surface area contributed by atoms with Gasteiger partial charge in [0.2, 0.25) is 5.91 Å². The Morgan fingerprint density at radius 1 is 1.31 bits per heavy atom. The summed E-state index contributed by atoms with van der Waals surface area (Å²) >= 11 is 0. The molecule has 2 aliphatic rings. The van der Waals surface area contributed by atoms with Crippen LogP contribution in [0.15, 0.2) is 0 Å². The van der Waals surface area contributed by atoms with Crippen molar-refractivity contribution in [3.8, 4) is 0 Å². The normalized spacial score (nSPS) is 48.4. The van der Waals surface area contributed by atoms with Crippen LogP contribution in [0.1, 0.15) is 6.92 Å². The number of carbonyl (C=O) groups excluding carboxylic acids is 1. The lowest BCUT2D eigenvalue weighted by atomic mass is 9.96. The van der Waals surface area contributed by atoms with Gasteiger partial charge in [-0.3, -0.25) is 4.79 Å². The average Bonchev–Trinajstić information content (AvgIpc) is 2.26. The summed E-state index contributed by atoms with van der Waals surface area (Å²) in [5.41, 5.74) is 0. The largest absolute Gasteiger partial charge is 0.394 e. The second kappa shape index (κ2) is 4.27. The highest BCUT2D eigenvalue weighted by Crippen LogP contribution is 2.25. The smallest absolute Gasteiger partial charge is 0.249 e. The van der Waals surface area contributed by atoms with Crippen LogP contribution in [0.3, 0.4) is 0 Å². The molecular weight excluding hydrogens is 218 g/mol. The van der Waals surface area contributed by atoms with E-state index in [9.17, 15) is 15.0 Å². The van der Waals surface area contributed by atoms with Crippen molar-refractivity contribution in [2.75, 3.05) is 6.61 Å². The first-order chi connectivity index (χ1) is 7.54. The molecule has 0 bridgehead atoms. The number of rotatable bonds is 1. The molecule has 7 nitrogen and oxygen atoms in total. The van der Waals surface area contributed by atoms with Crippen LogP contribution in [0.25, 0.3) is 0 Å². The lowest BCUT2D eigenvalue weighted by Crippen LogP contribution is -2.69. The van der Waals surface area contributed by atoms with Crippen molar-refractivity contribution in [3.63, 3.8) is 0 Å². The molecule has 0 aromatic carbocycles. The van der Waals surface area contributed by atoms with Crippen molar-refractivity contribution in [1.82, 2.24) is 5.32 Å². The van der Waals surface area contributed by atoms with Crippen molar-refractivity contribution >= 4 is 5.91 Å². The number of nitrogens with one attached hydrogen (secondary N) is 1. The van der Waals surface area contributed by atoms with E-state index >= 15 is 0 Å². The highest BCUT2D eigenvalue weighted by Gasteiger charge is 2.49. The fraction of sp³-hybridized carbons (Fsp3) is 0.889. The molecule has 0 saturated carbocycles. The molecule has 2 saturated heterocycles. The molecule has 2 aliphatic heterocycles. The van der Waals surface area contributed by atoms with E-state index in [0.717, 1.165) is 0 Å². The molecule has 0 aliphatic carbocycles. The first kappa shape index (κ1) is 11.7. The van der Waals surface area contributed by atoms with Gasteiger partial charge >= 0.3 is 0 Å². The van der Waals surface area contributed by atoms with Crippen molar-refractivity contribution in [3.05, 3.63) is 0 Å². The van der Waals surface area contributed by atoms with Gasteiger partial charge in [0, 0.05) is 0 Å². The second-order valence-corrected chi connectivity index (χ2v) is 4.02. The molecule has 1 amide bonds. The number of aliphatic hydroxyl groups is 3. The van der Waals surface area contributed by atoms with Gasteiger partial charge in [0.15, 0.2) is 6.29 Å². The summed E-state index contributed by atoms with van der Waals surface area (Å²) in [5.74, 6) is -0.362. The van der Waals surface area contributed by atoms with Crippen LogP contribution in [-0.4, -0.2) is 64.6 Å². The average molecular weight is 233 g/mol. The molecule has 2 rings (SSSR count). The first-order valence-electron chi connectivity index (χ1n) is 5.13. The number of amides is 1. The number of carbonyl (C=O) groups is 1. The van der Waals surface area contributed by atoms with Gasteiger partial charge in [-0.15, -0.1) is 0 Å². The maximum absolute atomic E-state index is 11.3. The summed E-state index contributed by atoms with van der Waals surface area (Å²) in [5, 5.41) is 30.8. The van der Waals surface area contributed by atoms with E-state index in [1.807, 2.05) is 0 Å². The highest BCUT2D eigenvalue weighted by molar-refractivity contribution is 5.81. The zero-order chi connectivity index (χ0) is 11.9. The summed E-state index contributed by atoms with van der Waals surface area (Å²) in [6.45, 7) is 1.13. The Hall–Kier alpha value is -0.730. The summed E-state index contributed by atoms with van der Waals surface area (Å²) < 4.78 is 10.5. The number of aliphatic hydroxyl groups excluding tert-OH is 3. The summed E-state index contributed by atoms with van der Waals surface area (Å²) in [7, 11) is 0. The molecular formula is C9H15NO6. The van der Waals surface area contributed by atoms with Crippen molar-refractivity contribution in [1.29, 1.82) is 0 Å². The Balaban J connectivity index is 2.13. The maximum atomic E-state index is 11.3. The molecule has 2 fully saturated rings. The molecule has 16 heavy (non-hydrogen) atoms. The van der Waals surface area contributed by atoms with E-state index in [1.165, 1.54) is 0 Å². The van der Waals surface area contributed by atoms with Crippen LogP contribution in [0.5, 0.6) is 0 Å². The number of hydrogen-bond donors (Lipinski definition) is 4. The van der Waals surface area contributed by atoms with Crippen molar-refractivity contribution in [2.45, 2.75) is 43.7 Å². The van der Waals surface area contributed by atoms with Gasteiger partial charge in [-0.05, 0) is 6.92 Å². The fourth-order valence-corrected chi connectivity index (χ4v) is 1.90. The van der Waals surface area contributed by atoms with E-state index in [-0.39, 0.29) is 5.91 Å². The van der Waals surface area contributed by atoms with Crippen LogP contribution in [0.2, 0.25) is 0 Å². The molecule has 6 atom stereocenters. The van der Waals surface area contributed by atoms with Crippen LogP contribution < -0.4 is 5.32 Å². The van der Waals surface area contributed by atoms with E-state index < -0.39 is 43.4 Å². The third-order valence-corrected chi connectivity index (χ3v) is 2.90. The Morgan fingerprint density at radius 3 is 2.62 bits per heavy atom. The van der Waals surface area contributed by atoms with Crippen LogP contribution in [0.4, 0.5) is 0 Å². The zero-order valence-electron chi connectivity index (χ0n) is 8.74. The standard InChI is InChI=1S/C9H15NO6/c1-3-8(14)10-5-7(13)6(12)4(2-11)16-9(5)15-3/h3-7,9,11-13H,2H2,1H3,(H,10,14)/t3-,4-,5-,6-,7-,9-/m1/s1. The summed E-state index contributed by atoms with van der Waals surface area (Å²) in [6, 6.07) is -0.804. The maximum Gasteiger partial charge on any atom is 0.249 e. The third kappa shape index (κ3) is 1.80. The number of hydrogen-bond acceptors (Lipinski definition) is 6. The van der Waals surface area contributed by atoms with E-state index in [1.54, 1.807) is 6.92 Å². The Kier molecular flexibility index (Phi) is 3.13. The predicted octanol–water partition coefficient (Wildman–Crippen LogP) is -2.67. The quantitative estimate of drug-likeness (QED) is 0.393. The second-order valence-electron chi connectivity index (χ2n) is 4.02. The lowest BCUT2D eigenvalue weighted by Gasteiger charge is -2.45. The van der Waals surface area contributed by atoms with Crippen molar-refractivity contribution < 1.29 is 29.6 Å². The first-order valence-corrected chi connectivity index (χ1v) is 5.13. The SMILES string of the molecule is C[C@H]1O[C@@H]2O[C@H](CO)[C@@H](O)[C@H](O)[C@H]2NC1=O. The predicted molar refractivity (Wildman–Crippen MR) is 50.2 cm³/mol. The Morgan fingerprint density at radius 2 is 2.00 bits per heavy atom. The molecule has 7 heteroatoms. The van der Waals surface area contributed by atoms with Gasteiger partial charge in [-0.2, -0.15) is 0 Å². The minimum atomic E-state index is -1.25. The van der Waals surface area contributed by atoms with Crippen molar-refractivity contribution in [2.24, 2.45) is 0 Å². The van der Waals surface area contributed by atoms with Gasteiger partial charge in [-0.25, -0.2) is 0 Å². The van der Waals surface area contributed by atoms with E-state index in [2.05, 4.69) is 5.32 Å². The van der Waals surface area contributed by atoms with Gasteiger partial charge in [0.1, 0.15) is 30.5 Å². The molecule has 2 heterocycles. The van der Waals surface area contributed by atoms with Gasteiger partial charge in [0.05, 0.1) is 6.61 Å². The number of morpholine rings is 1. The number of fused-ring (bicyclic) bond motifs is 1. The summed E-state index contributed by atoms with van der Waals surface area (Å²) in [4.78, 5) is 11.3.